The average molecular weight is 356 g/mol. The minimum absolute atomic E-state index is 0.256. The summed E-state index contributed by atoms with van der Waals surface area (Å²) in [5.74, 6) is -0.298. The maximum Gasteiger partial charge on any atom is 0.123 e. The molecule has 0 aliphatic heterocycles. The summed E-state index contributed by atoms with van der Waals surface area (Å²) in [6.45, 7) is -0.512. The first-order chi connectivity index (χ1) is 12.5. The maximum absolute atomic E-state index is 13.0. The SMILES string of the molecule is NC(CO)(CO)CCc1ccc(-c2cn(-c3ccc(F)cc3)nn2)cc1. The van der Waals surface area contributed by atoms with Crippen LogP contribution < -0.4 is 5.73 Å². The van der Waals surface area contributed by atoms with Gasteiger partial charge in [-0.2, -0.15) is 0 Å². The van der Waals surface area contributed by atoms with Gasteiger partial charge in [-0.25, -0.2) is 9.07 Å². The molecule has 3 aromatic rings. The van der Waals surface area contributed by atoms with Crippen LogP contribution in [0.25, 0.3) is 16.9 Å². The van der Waals surface area contributed by atoms with Crippen molar-refractivity contribution >= 4 is 0 Å². The van der Waals surface area contributed by atoms with Gasteiger partial charge in [0.05, 0.1) is 30.6 Å². The second-order valence-electron chi connectivity index (χ2n) is 6.40. The molecule has 0 aliphatic rings. The van der Waals surface area contributed by atoms with Gasteiger partial charge in [0.2, 0.25) is 0 Å². The first-order valence-electron chi connectivity index (χ1n) is 8.31. The molecule has 0 saturated carbocycles. The van der Waals surface area contributed by atoms with Gasteiger partial charge in [-0.3, -0.25) is 0 Å². The van der Waals surface area contributed by atoms with E-state index in [0.29, 0.717) is 18.5 Å². The Bertz CT molecular complexity index is 843. The highest BCUT2D eigenvalue weighted by Crippen LogP contribution is 2.20. The lowest BCUT2D eigenvalue weighted by molar-refractivity contribution is 0.115. The standard InChI is InChI=1S/C19H21FN4O2/c20-16-5-7-17(8-6-16)24-11-18(22-23-24)15-3-1-14(2-4-15)9-10-19(21,12-25)13-26/h1-8,11,25-26H,9-10,12-13,21H2. The number of hydrogen-bond acceptors (Lipinski definition) is 5. The zero-order chi connectivity index (χ0) is 18.6. The highest BCUT2D eigenvalue weighted by molar-refractivity contribution is 5.58. The van der Waals surface area contributed by atoms with Crippen LogP contribution in [0.5, 0.6) is 0 Å². The van der Waals surface area contributed by atoms with Crippen molar-refractivity contribution in [3.63, 3.8) is 0 Å². The van der Waals surface area contributed by atoms with E-state index >= 15 is 0 Å². The van der Waals surface area contributed by atoms with Gasteiger partial charge in [0.25, 0.3) is 0 Å². The van der Waals surface area contributed by atoms with Crippen LogP contribution in [0.2, 0.25) is 0 Å². The fourth-order valence-corrected chi connectivity index (χ4v) is 2.56. The van der Waals surface area contributed by atoms with E-state index in [2.05, 4.69) is 10.3 Å². The molecule has 6 nitrogen and oxygen atoms in total. The number of halogens is 1. The molecule has 0 spiro atoms. The second kappa shape index (κ2) is 7.74. The Hall–Kier alpha value is -2.61. The molecule has 7 heteroatoms. The summed E-state index contributed by atoms with van der Waals surface area (Å²) in [6, 6.07) is 13.8. The summed E-state index contributed by atoms with van der Waals surface area (Å²) in [7, 11) is 0. The van der Waals surface area contributed by atoms with Gasteiger partial charge < -0.3 is 15.9 Å². The minimum Gasteiger partial charge on any atom is -0.394 e. The number of aromatic nitrogens is 3. The van der Waals surface area contributed by atoms with E-state index < -0.39 is 5.54 Å². The predicted octanol–water partition coefficient (Wildman–Crippen LogP) is 1.69. The van der Waals surface area contributed by atoms with Crippen molar-refractivity contribution in [1.29, 1.82) is 0 Å². The molecular weight excluding hydrogens is 335 g/mol. The fourth-order valence-electron chi connectivity index (χ4n) is 2.56. The van der Waals surface area contributed by atoms with Gasteiger partial charge in [-0.1, -0.05) is 29.5 Å². The van der Waals surface area contributed by atoms with Crippen LogP contribution in [0.15, 0.2) is 54.7 Å². The minimum atomic E-state index is -0.962. The lowest BCUT2D eigenvalue weighted by Crippen LogP contribution is -2.47. The van der Waals surface area contributed by atoms with E-state index in [0.717, 1.165) is 16.8 Å². The van der Waals surface area contributed by atoms with Crippen LogP contribution in [0.3, 0.4) is 0 Å². The summed E-state index contributed by atoms with van der Waals surface area (Å²) < 4.78 is 14.6. The summed E-state index contributed by atoms with van der Waals surface area (Å²) in [5, 5.41) is 26.7. The van der Waals surface area contributed by atoms with Crippen molar-refractivity contribution in [1.82, 2.24) is 15.0 Å². The van der Waals surface area contributed by atoms with Crippen molar-refractivity contribution in [3.05, 3.63) is 66.1 Å². The Morgan fingerprint density at radius 2 is 1.65 bits per heavy atom. The molecule has 3 rings (SSSR count). The molecule has 136 valence electrons. The molecule has 4 N–H and O–H groups in total. The van der Waals surface area contributed by atoms with Gasteiger partial charge in [-0.05, 0) is 42.7 Å². The first kappa shape index (κ1) is 18.2. The molecule has 0 unspecified atom stereocenters. The number of nitrogens with two attached hydrogens (primary N) is 1. The van der Waals surface area contributed by atoms with Crippen LogP contribution >= 0.6 is 0 Å². The van der Waals surface area contributed by atoms with Gasteiger partial charge in [0.15, 0.2) is 0 Å². The summed E-state index contributed by atoms with van der Waals surface area (Å²) in [4.78, 5) is 0. The number of benzene rings is 2. The van der Waals surface area contributed by atoms with Crippen LogP contribution in [0.4, 0.5) is 4.39 Å². The number of aliphatic hydroxyl groups is 2. The van der Waals surface area contributed by atoms with E-state index in [4.69, 9.17) is 5.73 Å². The van der Waals surface area contributed by atoms with E-state index in [-0.39, 0.29) is 19.0 Å². The second-order valence-corrected chi connectivity index (χ2v) is 6.40. The van der Waals surface area contributed by atoms with E-state index in [1.807, 2.05) is 24.3 Å². The predicted molar refractivity (Wildman–Crippen MR) is 96.2 cm³/mol. The van der Waals surface area contributed by atoms with Crippen LogP contribution in [0.1, 0.15) is 12.0 Å². The molecular formula is C19H21FN4O2. The largest absolute Gasteiger partial charge is 0.394 e. The molecule has 1 heterocycles. The summed E-state index contributed by atoms with van der Waals surface area (Å²) in [6.07, 6.45) is 2.92. The molecule has 0 amide bonds. The molecule has 26 heavy (non-hydrogen) atoms. The van der Waals surface area contributed by atoms with E-state index in [9.17, 15) is 14.6 Å². The van der Waals surface area contributed by atoms with Crippen molar-refractivity contribution in [2.45, 2.75) is 18.4 Å². The molecule has 1 aromatic heterocycles. The average Bonchev–Trinajstić information content (AvgIpc) is 3.17. The van der Waals surface area contributed by atoms with Crippen molar-refractivity contribution in [2.24, 2.45) is 5.73 Å². The van der Waals surface area contributed by atoms with Crippen molar-refractivity contribution in [2.75, 3.05) is 13.2 Å². The first-order valence-corrected chi connectivity index (χ1v) is 8.31. The Morgan fingerprint density at radius 1 is 1.00 bits per heavy atom. The monoisotopic (exact) mass is 356 g/mol. The van der Waals surface area contributed by atoms with Crippen molar-refractivity contribution in [3.8, 4) is 16.9 Å². The molecule has 2 aromatic carbocycles. The molecule has 0 bridgehead atoms. The molecule has 0 atom stereocenters. The molecule has 0 saturated heterocycles. The quantitative estimate of drug-likeness (QED) is 0.598. The molecule has 0 aliphatic carbocycles. The highest BCUT2D eigenvalue weighted by atomic mass is 19.1. The number of aryl methyl sites for hydroxylation is 1. The normalized spacial score (nSPS) is 11.7. The number of rotatable bonds is 7. The van der Waals surface area contributed by atoms with Crippen LogP contribution in [0, 0.1) is 5.82 Å². The number of aliphatic hydroxyl groups excluding tert-OH is 2. The number of nitrogens with zero attached hydrogens (tertiary/aromatic N) is 3. The molecule has 0 fully saturated rings. The van der Waals surface area contributed by atoms with Crippen LogP contribution in [-0.4, -0.2) is 44.0 Å². The fraction of sp³-hybridized carbons (Fsp3) is 0.263. The Kier molecular flexibility index (Phi) is 5.41. The Morgan fingerprint density at radius 3 is 2.27 bits per heavy atom. The van der Waals surface area contributed by atoms with Crippen molar-refractivity contribution < 1.29 is 14.6 Å². The molecule has 0 radical (unpaired) electrons. The van der Waals surface area contributed by atoms with Gasteiger partial charge in [0, 0.05) is 5.56 Å². The zero-order valence-corrected chi connectivity index (χ0v) is 14.2. The number of hydrogen-bond donors (Lipinski definition) is 3. The lowest BCUT2D eigenvalue weighted by atomic mass is 9.93. The summed E-state index contributed by atoms with van der Waals surface area (Å²) in [5.41, 5.74) is 8.33. The van der Waals surface area contributed by atoms with E-state index in [1.54, 1.807) is 23.0 Å². The smallest absolute Gasteiger partial charge is 0.123 e. The topological polar surface area (TPSA) is 97.2 Å². The Balaban J connectivity index is 1.70. The maximum atomic E-state index is 13.0. The van der Waals surface area contributed by atoms with Gasteiger partial charge in [-0.15, -0.1) is 5.10 Å². The Labute approximate surface area is 150 Å². The van der Waals surface area contributed by atoms with Crippen LogP contribution in [-0.2, 0) is 6.42 Å². The van der Waals surface area contributed by atoms with Gasteiger partial charge >= 0.3 is 0 Å². The third-order valence-corrected chi connectivity index (χ3v) is 4.38. The lowest BCUT2D eigenvalue weighted by Gasteiger charge is -2.24. The summed E-state index contributed by atoms with van der Waals surface area (Å²) >= 11 is 0. The zero-order valence-electron chi connectivity index (χ0n) is 14.2. The highest BCUT2D eigenvalue weighted by Gasteiger charge is 2.22. The van der Waals surface area contributed by atoms with E-state index in [1.165, 1.54) is 12.1 Å². The third kappa shape index (κ3) is 4.13. The third-order valence-electron chi connectivity index (χ3n) is 4.38. The van der Waals surface area contributed by atoms with Gasteiger partial charge in [0.1, 0.15) is 11.5 Å².